The number of nitrogens with zero attached hydrogens (tertiary/aromatic N) is 2. The van der Waals surface area contributed by atoms with Gasteiger partial charge < -0.3 is 9.64 Å². The van der Waals surface area contributed by atoms with Crippen molar-refractivity contribution in [3.63, 3.8) is 0 Å². The van der Waals surface area contributed by atoms with Crippen molar-refractivity contribution in [1.82, 2.24) is 9.21 Å². The van der Waals surface area contributed by atoms with Gasteiger partial charge in [-0.15, -0.1) is 0 Å². The van der Waals surface area contributed by atoms with Gasteiger partial charge in [-0.3, -0.25) is 4.79 Å². The monoisotopic (exact) mass is 410 g/mol. The van der Waals surface area contributed by atoms with E-state index in [-0.39, 0.29) is 35.1 Å². The Hall–Kier alpha value is -1.93. The largest absolute Gasteiger partial charge is 0.452 e. The molecule has 0 aromatic heterocycles. The molecule has 0 aliphatic carbocycles. The van der Waals surface area contributed by atoms with Crippen molar-refractivity contribution in [2.75, 3.05) is 19.7 Å². The fourth-order valence-corrected chi connectivity index (χ4v) is 5.20. The Labute approximate surface area is 167 Å². The summed E-state index contributed by atoms with van der Waals surface area (Å²) < 4.78 is 31.8. The number of benzene rings is 1. The number of hydrogen-bond donors (Lipinski definition) is 0. The summed E-state index contributed by atoms with van der Waals surface area (Å²) in [6.07, 6.45) is 2.96. The zero-order valence-corrected chi connectivity index (χ0v) is 17.9. The van der Waals surface area contributed by atoms with Crippen LogP contribution in [-0.2, 0) is 19.6 Å². The first-order chi connectivity index (χ1) is 13.2. The number of ether oxygens (including phenoxy) is 1. The molecule has 1 aromatic rings. The SMILES string of the molecule is CCN(CC)S(=O)(=O)c1cccc(C(=O)OCC(=O)N2[C@H](C)CCC[C@@H]2C)c1. The Kier molecular flexibility index (Phi) is 7.60. The normalized spacial score (nSPS) is 20.2. The van der Waals surface area contributed by atoms with Gasteiger partial charge in [-0.2, -0.15) is 4.31 Å². The first-order valence-corrected chi connectivity index (χ1v) is 11.2. The number of esters is 1. The topological polar surface area (TPSA) is 84.0 Å². The summed E-state index contributed by atoms with van der Waals surface area (Å²) in [4.78, 5) is 26.7. The lowest BCUT2D eigenvalue weighted by atomic mass is 9.97. The Balaban J connectivity index is 2.08. The zero-order valence-electron chi connectivity index (χ0n) is 17.1. The number of hydrogen-bond acceptors (Lipinski definition) is 5. The maximum absolute atomic E-state index is 12.6. The molecule has 1 aliphatic heterocycles. The maximum Gasteiger partial charge on any atom is 0.338 e. The van der Waals surface area contributed by atoms with E-state index in [1.165, 1.54) is 28.6 Å². The van der Waals surface area contributed by atoms with E-state index in [9.17, 15) is 18.0 Å². The summed E-state index contributed by atoms with van der Waals surface area (Å²) in [7, 11) is -3.67. The van der Waals surface area contributed by atoms with Crippen molar-refractivity contribution < 1.29 is 22.7 Å². The molecule has 1 heterocycles. The van der Waals surface area contributed by atoms with E-state index in [0.29, 0.717) is 13.1 Å². The highest BCUT2D eigenvalue weighted by Crippen LogP contribution is 2.23. The second kappa shape index (κ2) is 9.52. The van der Waals surface area contributed by atoms with E-state index < -0.39 is 16.0 Å². The van der Waals surface area contributed by atoms with Gasteiger partial charge in [0.1, 0.15) is 0 Å². The number of likely N-dealkylation sites (tertiary alicyclic amines) is 1. The van der Waals surface area contributed by atoms with Gasteiger partial charge in [0, 0.05) is 25.2 Å². The molecule has 0 N–H and O–H groups in total. The molecular weight excluding hydrogens is 380 g/mol. The van der Waals surface area contributed by atoms with Gasteiger partial charge in [0.15, 0.2) is 6.61 Å². The highest BCUT2D eigenvalue weighted by Gasteiger charge is 2.29. The summed E-state index contributed by atoms with van der Waals surface area (Å²) >= 11 is 0. The molecule has 1 fully saturated rings. The van der Waals surface area contributed by atoms with Crippen LogP contribution in [0.1, 0.15) is 57.3 Å². The van der Waals surface area contributed by atoms with Crippen LogP contribution in [0.2, 0.25) is 0 Å². The van der Waals surface area contributed by atoms with Gasteiger partial charge in [0.05, 0.1) is 10.5 Å². The molecule has 0 radical (unpaired) electrons. The van der Waals surface area contributed by atoms with E-state index in [0.717, 1.165) is 19.3 Å². The zero-order chi connectivity index (χ0) is 20.9. The van der Waals surface area contributed by atoms with Gasteiger partial charge >= 0.3 is 5.97 Å². The molecule has 1 saturated heterocycles. The Morgan fingerprint density at radius 2 is 1.75 bits per heavy atom. The van der Waals surface area contributed by atoms with Gasteiger partial charge in [0.2, 0.25) is 10.0 Å². The van der Waals surface area contributed by atoms with Crippen LogP contribution in [0.4, 0.5) is 0 Å². The average molecular weight is 411 g/mol. The lowest BCUT2D eigenvalue weighted by molar-refractivity contribution is -0.140. The van der Waals surface area contributed by atoms with Crippen molar-refractivity contribution >= 4 is 21.9 Å². The Bertz CT molecular complexity index is 795. The number of piperidine rings is 1. The summed E-state index contributed by atoms with van der Waals surface area (Å²) in [6.45, 7) is 7.84. The molecule has 0 spiro atoms. The van der Waals surface area contributed by atoms with E-state index >= 15 is 0 Å². The average Bonchev–Trinajstić information content (AvgIpc) is 2.66. The lowest BCUT2D eigenvalue weighted by Crippen LogP contribution is -2.49. The molecule has 8 heteroatoms. The second-order valence-corrected chi connectivity index (χ2v) is 9.06. The van der Waals surface area contributed by atoms with Crippen LogP contribution in [-0.4, -0.2) is 61.3 Å². The first kappa shape index (κ1) is 22.4. The van der Waals surface area contributed by atoms with Crippen molar-refractivity contribution in [1.29, 1.82) is 0 Å². The quantitative estimate of drug-likeness (QED) is 0.645. The fourth-order valence-electron chi connectivity index (χ4n) is 3.69. The molecule has 2 rings (SSSR count). The van der Waals surface area contributed by atoms with E-state index in [4.69, 9.17) is 4.74 Å². The van der Waals surface area contributed by atoms with E-state index in [2.05, 4.69) is 0 Å². The predicted octanol–water partition coefficient (Wildman–Crippen LogP) is 2.66. The minimum atomic E-state index is -3.67. The molecule has 28 heavy (non-hydrogen) atoms. The van der Waals surface area contributed by atoms with Crippen LogP contribution in [0, 0.1) is 0 Å². The number of rotatable bonds is 7. The Morgan fingerprint density at radius 3 is 2.32 bits per heavy atom. The molecule has 156 valence electrons. The molecule has 1 amide bonds. The standard InChI is InChI=1S/C20H30N2O5S/c1-5-21(6-2)28(25,26)18-12-8-11-17(13-18)20(24)27-14-19(23)22-15(3)9-7-10-16(22)4/h8,11-13,15-16H,5-7,9-10,14H2,1-4H3/t15-,16+. The highest BCUT2D eigenvalue weighted by atomic mass is 32.2. The summed E-state index contributed by atoms with van der Waals surface area (Å²) in [5.41, 5.74) is 0.112. The summed E-state index contributed by atoms with van der Waals surface area (Å²) in [6, 6.07) is 5.98. The number of carbonyl (C=O) groups is 2. The van der Waals surface area contributed by atoms with Gasteiger partial charge in [-0.1, -0.05) is 19.9 Å². The molecule has 7 nitrogen and oxygen atoms in total. The van der Waals surface area contributed by atoms with Crippen molar-refractivity contribution in [2.24, 2.45) is 0 Å². The van der Waals surface area contributed by atoms with Crippen LogP contribution < -0.4 is 0 Å². The van der Waals surface area contributed by atoms with Crippen molar-refractivity contribution in [3.8, 4) is 0 Å². The third-order valence-electron chi connectivity index (χ3n) is 5.22. The minimum absolute atomic E-state index is 0.0373. The molecule has 0 unspecified atom stereocenters. The number of carbonyl (C=O) groups excluding carboxylic acids is 2. The number of amides is 1. The molecule has 0 bridgehead atoms. The molecule has 0 saturated carbocycles. The van der Waals surface area contributed by atoms with Gasteiger partial charge in [0.25, 0.3) is 5.91 Å². The second-order valence-electron chi connectivity index (χ2n) is 7.12. The Morgan fingerprint density at radius 1 is 1.14 bits per heavy atom. The molecule has 1 aliphatic rings. The van der Waals surface area contributed by atoms with Gasteiger partial charge in [-0.25, -0.2) is 13.2 Å². The van der Waals surface area contributed by atoms with Crippen molar-refractivity contribution in [2.45, 2.75) is 63.9 Å². The predicted molar refractivity (Wildman–Crippen MR) is 106 cm³/mol. The lowest BCUT2D eigenvalue weighted by Gasteiger charge is -2.38. The fraction of sp³-hybridized carbons (Fsp3) is 0.600. The van der Waals surface area contributed by atoms with E-state index in [1.807, 2.05) is 13.8 Å². The minimum Gasteiger partial charge on any atom is -0.452 e. The third kappa shape index (κ3) is 4.91. The van der Waals surface area contributed by atoms with Crippen LogP contribution in [0.15, 0.2) is 29.2 Å². The summed E-state index contributed by atoms with van der Waals surface area (Å²) in [5, 5.41) is 0. The molecule has 1 aromatic carbocycles. The van der Waals surface area contributed by atoms with Crippen LogP contribution >= 0.6 is 0 Å². The van der Waals surface area contributed by atoms with Crippen LogP contribution in [0.25, 0.3) is 0 Å². The van der Waals surface area contributed by atoms with Crippen LogP contribution in [0.5, 0.6) is 0 Å². The smallest absolute Gasteiger partial charge is 0.338 e. The molecule has 2 atom stereocenters. The maximum atomic E-state index is 12.6. The molecular formula is C20H30N2O5S. The highest BCUT2D eigenvalue weighted by molar-refractivity contribution is 7.89. The van der Waals surface area contributed by atoms with Crippen molar-refractivity contribution in [3.05, 3.63) is 29.8 Å². The third-order valence-corrected chi connectivity index (χ3v) is 7.27. The van der Waals surface area contributed by atoms with E-state index in [1.54, 1.807) is 18.7 Å². The van der Waals surface area contributed by atoms with Gasteiger partial charge in [-0.05, 0) is 51.3 Å². The summed E-state index contributed by atoms with van der Waals surface area (Å²) in [5.74, 6) is -0.928. The first-order valence-electron chi connectivity index (χ1n) is 9.80. The number of sulfonamides is 1. The van der Waals surface area contributed by atoms with Crippen LogP contribution in [0.3, 0.4) is 0 Å².